The molecule has 0 spiro atoms. The molecule has 0 aliphatic carbocycles. The highest BCUT2D eigenvalue weighted by atomic mass is 127. The summed E-state index contributed by atoms with van der Waals surface area (Å²) in [7, 11) is 1.86. The minimum Gasteiger partial charge on any atom is -0.357 e. The third kappa shape index (κ3) is 7.59. The Hall–Kier alpha value is -2.24. The van der Waals surface area contributed by atoms with Crippen LogP contribution in [0.5, 0.6) is 0 Å². The van der Waals surface area contributed by atoms with Crippen LogP contribution < -0.4 is 5.32 Å². The van der Waals surface area contributed by atoms with Gasteiger partial charge in [-0.3, -0.25) is 14.8 Å². The van der Waals surface area contributed by atoms with E-state index in [2.05, 4.69) is 25.4 Å². The average Bonchev–Trinajstić information content (AvgIpc) is 3.18. The SMILES string of the molecule is CCNC(=NCCc1noc(-c2ccccn2)n1)N(C)CC(=O)N(CC)CC.I. The Morgan fingerprint density at radius 2 is 2.00 bits per heavy atom. The van der Waals surface area contributed by atoms with Crippen LogP contribution in [-0.4, -0.2) is 76.6 Å². The number of rotatable bonds is 9. The maximum Gasteiger partial charge on any atom is 0.276 e. The monoisotopic (exact) mass is 515 g/mol. The zero-order valence-electron chi connectivity index (χ0n) is 17.5. The van der Waals surface area contributed by atoms with E-state index in [4.69, 9.17) is 4.52 Å². The van der Waals surface area contributed by atoms with Gasteiger partial charge in [-0.1, -0.05) is 11.2 Å². The maximum absolute atomic E-state index is 12.3. The summed E-state index contributed by atoms with van der Waals surface area (Å²) in [6.45, 7) is 8.83. The number of nitrogens with one attached hydrogen (secondary N) is 1. The third-order valence-corrected chi connectivity index (χ3v) is 4.13. The zero-order chi connectivity index (χ0) is 20.4. The quantitative estimate of drug-likeness (QED) is 0.310. The fourth-order valence-corrected chi connectivity index (χ4v) is 2.63. The summed E-state index contributed by atoms with van der Waals surface area (Å²) in [4.78, 5) is 29.1. The van der Waals surface area contributed by atoms with Crippen LogP contribution in [0.25, 0.3) is 11.6 Å². The largest absolute Gasteiger partial charge is 0.357 e. The van der Waals surface area contributed by atoms with Crippen molar-refractivity contribution >= 4 is 35.8 Å². The van der Waals surface area contributed by atoms with E-state index >= 15 is 0 Å². The second kappa shape index (κ2) is 13.1. The maximum atomic E-state index is 12.3. The molecule has 0 radical (unpaired) electrons. The number of likely N-dealkylation sites (N-methyl/N-ethyl adjacent to an activating group) is 2. The Bertz CT molecular complexity index is 763. The van der Waals surface area contributed by atoms with Gasteiger partial charge in [0.2, 0.25) is 5.91 Å². The molecule has 10 heteroatoms. The second-order valence-electron chi connectivity index (χ2n) is 6.14. The van der Waals surface area contributed by atoms with Crippen molar-refractivity contribution < 1.29 is 9.32 Å². The van der Waals surface area contributed by atoms with Crippen LogP contribution in [-0.2, 0) is 11.2 Å². The molecular formula is C19H30IN7O2. The van der Waals surface area contributed by atoms with Crippen molar-refractivity contribution in [2.75, 3.05) is 39.8 Å². The van der Waals surface area contributed by atoms with E-state index in [-0.39, 0.29) is 36.4 Å². The Balaban J connectivity index is 0.00000420. The van der Waals surface area contributed by atoms with Crippen molar-refractivity contribution in [2.24, 2.45) is 4.99 Å². The summed E-state index contributed by atoms with van der Waals surface area (Å²) >= 11 is 0. The number of hydrogen-bond acceptors (Lipinski definition) is 6. The van der Waals surface area contributed by atoms with Crippen LogP contribution in [0.4, 0.5) is 0 Å². The minimum absolute atomic E-state index is 0. The summed E-state index contributed by atoms with van der Waals surface area (Å²) in [6, 6.07) is 5.52. The molecule has 0 fully saturated rings. The fourth-order valence-electron chi connectivity index (χ4n) is 2.63. The molecule has 9 nitrogen and oxygen atoms in total. The molecule has 2 heterocycles. The third-order valence-electron chi connectivity index (χ3n) is 4.13. The Kier molecular flexibility index (Phi) is 11.2. The molecule has 2 rings (SSSR count). The van der Waals surface area contributed by atoms with E-state index < -0.39 is 0 Å². The highest BCUT2D eigenvalue weighted by Crippen LogP contribution is 2.13. The lowest BCUT2D eigenvalue weighted by Gasteiger charge is -2.25. The molecule has 1 N–H and O–H groups in total. The number of hydrogen-bond donors (Lipinski definition) is 1. The number of amides is 1. The zero-order valence-corrected chi connectivity index (χ0v) is 19.8. The number of guanidine groups is 1. The van der Waals surface area contributed by atoms with Crippen LogP contribution in [0.3, 0.4) is 0 Å². The lowest BCUT2D eigenvalue weighted by atomic mass is 10.3. The van der Waals surface area contributed by atoms with E-state index in [0.29, 0.717) is 56.0 Å². The molecule has 2 aromatic rings. The fraction of sp³-hybridized carbons (Fsp3) is 0.526. The number of aliphatic imine (C=N–C) groups is 1. The first-order valence-electron chi connectivity index (χ1n) is 9.60. The average molecular weight is 515 g/mol. The Labute approximate surface area is 189 Å². The van der Waals surface area contributed by atoms with E-state index in [1.807, 2.05) is 50.9 Å². The lowest BCUT2D eigenvalue weighted by molar-refractivity contribution is -0.131. The first-order chi connectivity index (χ1) is 13.6. The summed E-state index contributed by atoms with van der Waals surface area (Å²) < 4.78 is 5.26. The predicted molar refractivity (Wildman–Crippen MR) is 123 cm³/mol. The number of carbonyl (C=O) groups excluding carboxylic acids is 1. The van der Waals surface area contributed by atoms with Gasteiger partial charge in [-0.25, -0.2) is 0 Å². The molecule has 0 aromatic carbocycles. The molecule has 0 saturated heterocycles. The van der Waals surface area contributed by atoms with Crippen molar-refractivity contribution in [1.29, 1.82) is 0 Å². The van der Waals surface area contributed by atoms with Gasteiger partial charge in [-0.05, 0) is 32.9 Å². The number of carbonyl (C=O) groups is 1. The van der Waals surface area contributed by atoms with Crippen LogP contribution in [0.15, 0.2) is 33.9 Å². The van der Waals surface area contributed by atoms with Gasteiger partial charge in [0.15, 0.2) is 11.8 Å². The van der Waals surface area contributed by atoms with E-state index in [9.17, 15) is 4.79 Å². The number of nitrogens with zero attached hydrogens (tertiary/aromatic N) is 6. The van der Waals surface area contributed by atoms with Gasteiger partial charge in [-0.15, -0.1) is 24.0 Å². The standard InChI is InChI=1S/C19H29N7O2.HI/c1-5-20-19(25(4)14-17(27)26(6-2)7-3)22-13-11-16-23-18(28-24-16)15-10-8-9-12-21-15;/h8-10,12H,5-7,11,13-14H2,1-4H3,(H,20,22);1H. The van der Waals surface area contributed by atoms with Crippen molar-refractivity contribution in [3.05, 3.63) is 30.2 Å². The molecule has 29 heavy (non-hydrogen) atoms. The van der Waals surface area contributed by atoms with Crippen LogP contribution in [0, 0.1) is 0 Å². The van der Waals surface area contributed by atoms with Gasteiger partial charge < -0.3 is 19.6 Å². The number of pyridine rings is 1. The molecular weight excluding hydrogens is 485 g/mol. The van der Waals surface area contributed by atoms with Crippen LogP contribution in [0.1, 0.15) is 26.6 Å². The molecule has 0 saturated carbocycles. The summed E-state index contributed by atoms with van der Waals surface area (Å²) in [5.41, 5.74) is 0.646. The molecule has 2 aromatic heterocycles. The van der Waals surface area contributed by atoms with Gasteiger partial charge >= 0.3 is 0 Å². The van der Waals surface area contributed by atoms with Crippen molar-refractivity contribution in [3.63, 3.8) is 0 Å². The van der Waals surface area contributed by atoms with Crippen LogP contribution in [0.2, 0.25) is 0 Å². The first-order valence-corrected chi connectivity index (χ1v) is 9.60. The van der Waals surface area contributed by atoms with Crippen molar-refractivity contribution in [2.45, 2.75) is 27.2 Å². The van der Waals surface area contributed by atoms with Crippen molar-refractivity contribution in [3.8, 4) is 11.6 Å². The predicted octanol–water partition coefficient (Wildman–Crippen LogP) is 2.06. The molecule has 0 unspecified atom stereocenters. The van der Waals surface area contributed by atoms with E-state index in [0.717, 1.165) is 0 Å². The smallest absolute Gasteiger partial charge is 0.276 e. The van der Waals surface area contributed by atoms with Gasteiger partial charge in [0.05, 0.1) is 6.54 Å². The molecule has 0 aliphatic rings. The van der Waals surface area contributed by atoms with Crippen molar-refractivity contribution in [1.82, 2.24) is 30.2 Å². The molecule has 1 amide bonds. The molecule has 160 valence electrons. The van der Waals surface area contributed by atoms with Gasteiger partial charge in [0.25, 0.3) is 5.89 Å². The molecule has 0 bridgehead atoms. The summed E-state index contributed by atoms with van der Waals surface area (Å²) in [5, 5.41) is 7.19. The molecule has 0 aliphatic heterocycles. The Morgan fingerprint density at radius 1 is 1.24 bits per heavy atom. The minimum atomic E-state index is 0. The van der Waals surface area contributed by atoms with E-state index in [1.165, 1.54) is 0 Å². The van der Waals surface area contributed by atoms with Gasteiger partial charge in [0, 0.05) is 45.8 Å². The highest BCUT2D eigenvalue weighted by molar-refractivity contribution is 14.0. The van der Waals surface area contributed by atoms with E-state index in [1.54, 1.807) is 11.1 Å². The topological polar surface area (TPSA) is 99.7 Å². The second-order valence-corrected chi connectivity index (χ2v) is 6.14. The Morgan fingerprint density at radius 3 is 2.62 bits per heavy atom. The number of halogens is 1. The number of aromatic nitrogens is 3. The first kappa shape index (κ1) is 24.8. The summed E-state index contributed by atoms with van der Waals surface area (Å²) in [6.07, 6.45) is 2.21. The lowest BCUT2D eigenvalue weighted by Crippen LogP contribution is -2.45. The highest BCUT2D eigenvalue weighted by Gasteiger charge is 2.15. The summed E-state index contributed by atoms with van der Waals surface area (Å²) in [5.74, 6) is 1.73. The normalized spacial score (nSPS) is 11.0. The van der Waals surface area contributed by atoms with Crippen LogP contribution >= 0.6 is 24.0 Å². The molecule has 0 atom stereocenters. The van der Waals surface area contributed by atoms with Gasteiger partial charge in [0.1, 0.15) is 5.69 Å². The van der Waals surface area contributed by atoms with Gasteiger partial charge in [-0.2, -0.15) is 4.98 Å².